The lowest BCUT2D eigenvalue weighted by molar-refractivity contribution is 0.0697. The third-order valence-corrected chi connectivity index (χ3v) is 5.84. The highest BCUT2D eigenvalue weighted by molar-refractivity contribution is 6.33. The number of carboxylic acids is 1. The second kappa shape index (κ2) is 7.47. The van der Waals surface area contributed by atoms with Crippen LogP contribution in [-0.4, -0.2) is 37.0 Å². The van der Waals surface area contributed by atoms with Crippen LogP contribution in [0.5, 0.6) is 5.75 Å². The fraction of sp³-hybridized carbons (Fsp3) is 0.364. The van der Waals surface area contributed by atoms with Gasteiger partial charge in [-0.25, -0.2) is 4.79 Å². The minimum atomic E-state index is -1.01. The van der Waals surface area contributed by atoms with Gasteiger partial charge in [0.25, 0.3) is 0 Å². The number of aliphatic imine (C=N–C) groups is 1. The topological polar surface area (TPSA) is 62.1 Å². The number of anilines is 1. The van der Waals surface area contributed by atoms with Gasteiger partial charge >= 0.3 is 5.97 Å². The number of aromatic carboxylic acids is 1. The number of ether oxygens (including phenoxy) is 1. The molecule has 2 aromatic carbocycles. The molecule has 0 aromatic heterocycles. The molecule has 0 aliphatic carbocycles. The van der Waals surface area contributed by atoms with Crippen molar-refractivity contribution in [1.82, 2.24) is 0 Å². The number of methoxy groups -OCH3 is 1. The molecule has 1 aliphatic rings. The van der Waals surface area contributed by atoms with E-state index in [-0.39, 0.29) is 11.1 Å². The Kier molecular flexibility index (Phi) is 5.39. The summed E-state index contributed by atoms with van der Waals surface area (Å²) in [6, 6.07) is 8.61. The second-order valence-corrected chi connectivity index (χ2v) is 8.27. The van der Waals surface area contributed by atoms with Crippen LogP contribution in [0.2, 0.25) is 5.02 Å². The Labute approximate surface area is 170 Å². The average molecular weight is 401 g/mol. The summed E-state index contributed by atoms with van der Waals surface area (Å²) in [6.45, 7) is 6.71. The Morgan fingerprint density at radius 1 is 1.36 bits per heavy atom. The van der Waals surface area contributed by atoms with Crippen LogP contribution in [0.1, 0.15) is 54.6 Å². The van der Waals surface area contributed by atoms with Crippen molar-refractivity contribution in [1.29, 1.82) is 0 Å². The molecule has 2 aromatic rings. The van der Waals surface area contributed by atoms with Crippen LogP contribution in [0, 0.1) is 0 Å². The molecule has 1 atom stereocenters. The van der Waals surface area contributed by atoms with Crippen molar-refractivity contribution >= 4 is 35.2 Å². The van der Waals surface area contributed by atoms with Gasteiger partial charge < -0.3 is 14.7 Å². The van der Waals surface area contributed by atoms with E-state index >= 15 is 0 Å². The Morgan fingerprint density at radius 3 is 2.71 bits per heavy atom. The first-order valence-electron chi connectivity index (χ1n) is 9.16. The molecule has 0 spiro atoms. The summed E-state index contributed by atoms with van der Waals surface area (Å²) in [5.74, 6) is 0.0990. The van der Waals surface area contributed by atoms with Gasteiger partial charge in [0, 0.05) is 36.1 Å². The zero-order chi connectivity index (χ0) is 20.6. The molecular formula is C22H25ClN2O3. The molecule has 1 aliphatic heterocycles. The van der Waals surface area contributed by atoms with Gasteiger partial charge in [-0.05, 0) is 56.0 Å². The van der Waals surface area contributed by atoms with Gasteiger partial charge in [-0.1, -0.05) is 18.5 Å². The van der Waals surface area contributed by atoms with Crippen molar-refractivity contribution in [3.63, 3.8) is 0 Å². The third-order valence-electron chi connectivity index (χ3n) is 5.52. The molecule has 0 amide bonds. The number of hydrogen-bond donors (Lipinski definition) is 1. The van der Waals surface area contributed by atoms with Crippen LogP contribution in [0.4, 0.5) is 11.4 Å². The van der Waals surface area contributed by atoms with Crippen LogP contribution >= 0.6 is 11.6 Å². The maximum absolute atomic E-state index is 11.2. The molecule has 0 radical (unpaired) electrons. The summed E-state index contributed by atoms with van der Waals surface area (Å²) in [4.78, 5) is 17.9. The summed E-state index contributed by atoms with van der Waals surface area (Å²) in [5.41, 5.74) is 3.85. The van der Waals surface area contributed by atoms with Gasteiger partial charge in [0.1, 0.15) is 5.75 Å². The van der Waals surface area contributed by atoms with E-state index < -0.39 is 5.97 Å². The molecule has 1 heterocycles. The smallest absolute Gasteiger partial charge is 0.335 e. The Balaban J connectivity index is 2.04. The fourth-order valence-electron chi connectivity index (χ4n) is 3.77. The molecule has 0 bridgehead atoms. The van der Waals surface area contributed by atoms with Crippen LogP contribution in [0.3, 0.4) is 0 Å². The van der Waals surface area contributed by atoms with Crippen molar-refractivity contribution in [2.75, 3.05) is 19.1 Å². The summed E-state index contributed by atoms with van der Waals surface area (Å²) >= 11 is 6.19. The minimum absolute atomic E-state index is 0.0673. The number of fused-ring (bicyclic) bond motifs is 1. The van der Waals surface area contributed by atoms with Crippen molar-refractivity contribution in [2.24, 2.45) is 4.99 Å². The maximum atomic E-state index is 11.2. The highest BCUT2D eigenvalue weighted by atomic mass is 35.5. The van der Waals surface area contributed by atoms with Crippen molar-refractivity contribution < 1.29 is 14.6 Å². The van der Waals surface area contributed by atoms with E-state index in [1.54, 1.807) is 19.4 Å². The zero-order valence-electron chi connectivity index (χ0n) is 16.8. The molecule has 1 unspecified atom stereocenters. The second-order valence-electron chi connectivity index (χ2n) is 7.86. The van der Waals surface area contributed by atoms with E-state index in [0.29, 0.717) is 22.4 Å². The van der Waals surface area contributed by atoms with Crippen LogP contribution < -0.4 is 9.64 Å². The quantitative estimate of drug-likeness (QED) is 0.686. The number of carboxylic acid groups (broad SMARTS) is 1. The summed E-state index contributed by atoms with van der Waals surface area (Å²) in [7, 11) is 3.74. The zero-order valence-corrected chi connectivity index (χ0v) is 17.5. The first kappa shape index (κ1) is 20.2. The highest BCUT2D eigenvalue weighted by Crippen LogP contribution is 2.44. The van der Waals surface area contributed by atoms with Crippen LogP contribution in [-0.2, 0) is 0 Å². The summed E-state index contributed by atoms with van der Waals surface area (Å²) < 4.78 is 5.60. The van der Waals surface area contributed by atoms with E-state index in [1.165, 1.54) is 17.7 Å². The molecular weight excluding hydrogens is 376 g/mol. The molecule has 0 fully saturated rings. The van der Waals surface area contributed by atoms with Gasteiger partial charge in [0.2, 0.25) is 0 Å². The Morgan fingerprint density at radius 2 is 2.07 bits per heavy atom. The average Bonchev–Trinajstić information content (AvgIpc) is 2.64. The minimum Gasteiger partial charge on any atom is -0.496 e. The third kappa shape index (κ3) is 3.72. The first-order valence-corrected chi connectivity index (χ1v) is 9.54. The predicted molar refractivity (Wildman–Crippen MR) is 114 cm³/mol. The molecule has 0 saturated heterocycles. The van der Waals surface area contributed by atoms with Gasteiger partial charge in [0.05, 0.1) is 23.4 Å². The first-order chi connectivity index (χ1) is 13.1. The van der Waals surface area contributed by atoms with E-state index in [1.807, 2.05) is 6.07 Å². The van der Waals surface area contributed by atoms with Crippen molar-refractivity contribution in [3.05, 3.63) is 52.0 Å². The number of rotatable bonds is 4. The SMILES string of the molecule is COc1cc2c(cc1C=Nc1cc(C(=O)O)ccc1Cl)C(C)CC(C)(C)N2C. The Hall–Kier alpha value is -2.53. The number of hydrogen-bond acceptors (Lipinski definition) is 4. The van der Waals surface area contributed by atoms with Crippen LogP contribution in [0.25, 0.3) is 0 Å². The van der Waals surface area contributed by atoms with Crippen LogP contribution in [0.15, 0.2) is 35.3 Å². The molecule has 0 saturated carbocycles. The highest BCUT2D eigenvalue weighted by Gasteiger charge is 2.34. The van der Waals surface area contributed by atoms with Gasteiger partial charge in [-0.3, -0.25) is 4.99 Å². The number of carbonyl (C=O) groups is 1. The van der Waals surface area contributed by atoms with Crippen molar-refractivity contribution in [3.8, 4) is 5.75 Å². The maximum Gasteiger partial charge on any atom is 0.335 e. The van der Waals surface area contributed by atoms with Gasteiger partial charge in [0.15, 0.2) is 0 Å². The molecule has 5 nitrogen and oxygen atoms in total. The molecule has 6 heteroatoms. The Bertz CT molecular complexity index is 953. The van der Waals surface area contributed by atoms with E-state index in [2.05, 4.69) is 43.8 Å². The van der Waals surface area contributed by atoms with E-state index in [4.69, 9.17) is 16.3 Å². The van der Waals surface area contributed by atoms with Gasteiger partial charge in [-0.15, -0.1) is 0 Å². The predicted octanol–water partition coefficient (Wildman–Crippen LogP) is 5.52. The molecule has 28 heavy (non-hydrogen) atoms. The lowest BCUT2D eigenvalue weighted by atomic mass is 9.80. The van der Waals surface area contributed by atoms with E-state index in [9.17, 15) is 9.90 Å². The number of benzene rings is 2. The monoisotopic (exact) mass is 400 g/mol. The normalized spacial score (nSPS) is 18.2. The fourth-order valence-corrected chi connectivity index (χ4v) is 3.94. The molecule has 148 valence electrons. The van der Waals surface area contributed by atoms with E-state index in [0.717, 1.165) is 17.7 Å². The van der Waals surface area contributed by atoms with Gasteiger partial charge in [-0.2, -0.15) is 0 Å². The summed E-state index contributed by atoms with van der Waals surface area (Å²) in [5, 5.41) is 9.57. The standard InChI is InChI=1S/C22H25ClN2O3/c1-13-11-22(2,3)25(4)19-10-20(28-5)15(8-16(13)19)12-24-18-9-14(21(26)27)6-7-17(18)23/h6-10,12-13H,11H2,1-5H3,(H,26,27). The summed E-state index contributed by atoms with van der Waals surface area (Å²) in [6.07, 6.45) is 2.73. The molecule has 3 rings (SSSR count). The lowest BCUT2D eigenvalue weighted by Crippen LogP contribution is -2.45. The number of nitrogens with zero attached hydrogens (tertiary/aromatic N) is 2. The largest absolute Gasteiger partial charge is 0.496 e. The number of halogens is 1. The van der Waals surface area contributed by atoms with Crippen molar-refractivity contribution in [2.45, 2.75) is 38.6 Å². The lowest BCUT2D eigenvalue weighted by Gasteiger charge is -2.45. The molecule has 1 N–H and O–H groups in total.